The second-order valence-electron chi connectivity index (χ2n) is 6.32. The fourth-order valence-electron chi connectivity index (χ4n) is 2.58. The predicted molar refractivity (Wildman–Crippen MR) is 95.3 cm³/mol. The third-order valence-corrected chi connectivity index (χ3v) is 5.93. The summed E-state index contributed by atoms with van der Waals surface area (Å²) in [4.78, 5) is 12.4. The van der Waals surface area contributed by atoms with Crippen molar-refractivity contribution in [3.8, 4) is 0 Å². The minimum atomic E-state index is -3.53. The molecule has 0 saturated heterocycles. The lowest BCUT2D eigenvalue weighted by molar-refractivity contribution is 0.0946. The maximum absolute atomic E-state index is 12.2. The van der Waals surface area contributed by atoms with E-state index in [1.165, 1.54) is 12.1 Å². The average molecular weight is 350 g/mol. The molecule has 24 heavy (non-hydrogen) atoms. The molecule has 2 N–H and O–H groups in total. The molecular formula is C18H26N2O3S. The zero-order valence-corrected chi connectivity index (χ0v) is 15.1. The normalized spacial score (nSPS) is 19.0. The molecule has 0 fully saturated rings. The van der Waals surface area contributed by atoms with Gasteiger partial charge in [0.15, 0.2) is 0 Å². The van der Waals surface area contributed by atoms with Crippen LogP contribution < -0.4 is 10.0 Å². The molecule has 2 rings (SSSR count). The highest BCUT2D eigenvalue weighted by Crippen LogP contribution is 2.17. The minimum absolute atomic E-state index is 0.123. The molecule has 1 aliphatic rings. The van der Waals surface area contributed by atoms with E-state index in [0.717, 1.165) is 25.7 Å². The monoisotopic (exact) mass is 350 g/mol. The Balaban J connectivity index is 1.95. The number of sulfonamides is 1. The fourth-order valence-corrected chi connectivity index (χ4v) is 3.91. The summed E-state index contributed by atoms with van der Waals surface area (Å²) in [6.07, 6.45) is 8.20. The first-order chi connectivity index (χ1) is 11.4. The molecular weight excluding hydrogens is 324 g/mol. The number of hydrogen-bond donors (Lipinski definition) is 2. The first-order valence-corrected chi connectivity index (χ1v) is 9.96. The van der Waals surface area contributed by atoms with Crippen molar-refractivity contribution in [1.82, 2.24) is 10.0 Å². The van der Waals surface area contributed by atoms with Gasteiger partial charge in [-0.05, 0) is 62.8 Å². The van der Waals surface area contributed by atoms with Gasteiger partial charge in [-0.15, -0.1) is 0 Å². The highest BCUT2D eigenvalue weighted by Gasteiger charge is 2.17. The number of hydrogen-bond acceptors (Lipinski definition) is 3. The third kappa shape index (κ3) is 5.18. The molecule has 132 valence electrons. The van der Waals surface area contributed by atoms with Gasteiger partial charge in [0.25, 0.3) is 5.91 Å². The summed E-state index contributed by atoms with van der Waals surface area (Å²) >= 11 is 0. The maximum atomic E-state index is 12.2. The van der Waals surface area contributed by atoms with Crippen LogP contribution in [0.3, 0.4) is 0 Å². The minimum Gasteiger partial charge on any atom is -0.352 e. The van der Waals surface area contributed by atoms with Gasteiger partial charge >= 0.3 is 0 Å². The zero-order chi connectivity index (χ0) is 17.6. The van der Waals surface area contributed by atoms with E-state index in [-0.39, 0.29) is 16.8 Å². The van der Waals surface area contributed by atoms with E-state index in [0.29, 0.717) is 18.0 Å². The summed E-state index contributed by atoms with van der Waals surface area (Å²) in [7, 11) is -3.53. The number of nitrogens with one attached hydrogen (secondary N) is 2. The summed E-state index contributed by atoms with van der Waals surface area (Å²) in [5.74, 6) is 0.321. The van der Waals surface area contributed by atoms with Gasteiger partial charge in [0.2, 0.25) is 10.0 Å². The van der Waals surface area contributed by atoms with Gasteiger partial charge in [-0.25, -0.2) is 13.1 Å². The van der Waals surface area contributed by atoms with Crippen molar-refractivity contribution in [3.05, 3.63) is 42.0 Å². The van der Waals surface area contributed by atoms with E-state index in [9.17, 15) is 13.2 Å². The molecule has 1 aromatic rings. The molecule has 0 bridgehead atoms. The fraction of sp³-hybridized carbons (Fsp3) is 0.500. The molecule has 2 unspecified atom stereocenters. The molecule has 1 aromatic carbocycles. The standard InChI is InChI=1S/C18H26N2O3S/c1-3-14(2)20-24(22,23)17-11-9-16(10-12-17)18(21)19-13-15-7-5-4-6-8-15/h4-5,9-12,14-15,20H,3,6-8,13H2,1-2H3,(H,19,21). The van der Waals surface area contributed by atoms with E-state index in [4.69, 9.17) is 0 Å². The lowest BCUT2D eigenvalue weighted by Crippen LogP contribution is -2.32. The smallest absolute Gasteiger partial charge is 0.251 e. The van der Waals surface area contributed by atoms with Crippen LogP contribution in [-0.2, 0) is 10.0 Å². The largest absolute Gasteiger partial charge is 0.352 e. The highest BCUT2D eigenvalue weighted by atomic mass is 32.2. The quantitative estimate of drug-likeness (QED) is 0.743. The lowest BCUT2D eigenvalue weighted by Gasteiger charge is -2.18. The summed E-state index contributed by atoms with van der Waals surface area (Å²) in [5.41, 5.74) is 0.476. The molecule has 0 saturated carbocycles. The van der Waals surface area contributed by atoms with Crippen LogP contribution in [0.4, 0.5) is 0 Å². The highest BCUT2D eigenvalue weighted by molar-refractivity contribution is 7.89. The van der Waals surface area contributed by atoms with Gasteiger partial charge in [0.05, 0.1) is 4.90 Å². The molecule has 0 radical (unpaired) electrons. The van der Waals surface area contributed by atoms with E-state index < -0.39 is 10.0 Å². The van der Waals surface area contributed by atoms with Crippen molar-refractivity contribution in [2.24, 2.45) is 5.92 Å². The Bertz CT molecular complexity index is 681. The molecule has 0 aromatic heterocycles. The van der Waals surface area contributed by atoms with Crippen molar-refractivity contribution in [2.45, 2.75) is 50.5 Å². The molecule has 6 heteroatoms. The van der Waals surface area contributed by atoms with Crippen molar-refractivity contribution in [1.29, 1.82) is 0 Å². The van der Waals surface area contributed by atoms with Crippen LogP contribution in [0, 0.1) is 5.92 Å². The maximum Gasteiger partial charge on any atom is 0.251 e. The lowest BCUT2D eigenvalue weighted by atomic mass is 9.94. The van der Waals surface area contributed by atoms with Crippen LogP contribution in [0.15, 0.2) is 41.3 Å². The first kappa shape index (κ1) is 18.7. The Hall–Kier alpha value is -1.66. The van der Waals surface area contributed by atoms with Crippen LogP contribution in [0.25, 0.3) is 0 Å². The van der Waals surface area contributed by atoms with Gasteiger partial charge in [0.1, 0.15) is 0 Å². The van der Waals surface area contributed by atoms with E-state index >= 15 is 0 Å². The van der Waals surface area contributed by atoms with E-state index in [2.05, 4.69) is 22.2 Å². The molecule has 5 nitrogen and oxygen atoms in total. The molecule has 0 aliphatic heterocycles. The Morgan fingerprint density at radius 2 is 1.96 bits per heavy atom. The van der Waals surface area contributed by atoms with Gasteiger partial charge in [-0.3, -0.25) is 4.79 Å². The van der Waals surface area contributed by atoms with Gasteiger partial charge in [0, 0.05) is 18.2 Å². The number of carbonyl (C=O) groups is 1. The van der Waals surface area contributed by atoms with Crippen LogP contribution in [0.1, 0.15) is 49.9 Å². The van der Waals surface area contributed by atoms with E-state index in [1.54, 1.807) is 12.1 Å². The summed E-state index contributed by atoms with van der Waals surface area (Å²) in [6, 6.07) is 5.94. The summed E-state index contributed by atoms with van der Waals surface area (Å²) in [5, 5.41) is 2.93. The summed E-state index contributed by atoms with van der Waals surface area (Å²) < 4.78 is 27.0. The number of carbonyl (C=O) groups excluding carboxylic acids is 1. The molecule has 0 spiro atoms. The molecule has 0 heterocycles. The van der Waals surface area contributed by atoms with Gasteiger partial charge < -0.3 is 5.32 Å². The molecule has 2 atom stereocenters. The molecule has 1 amide bonds. The Morgan fingerprint density at radius 3 is 2.54 bits per heavy atom. The predicted octanol–water partition coefficient (Wildman–Crippen LogP) is 2.85. The van der Waals surface area contributed by atoms with Crippen LogP contribution in [0.5, 0.6) is 0 Å². The Morgan fingerprint density at radius 1 is 1.25 bits per heavy atom. The average Bonchev–Trinajstić information content (AvgIpc) is 2.60. The number of amides is 1. The van der Waals surface area contributed by atoms with Crippen molar-refractivity contribution < 1.29 is 13.2 Å². The SMILES string of the molecule is CCC(C)NS(=O)(=O)c1ccc(C(=O)NCC2CC=CCC2)cc1. The van der Waals surface area contributed by atoms with Crippen LogP contribution in [0.2, 0.25) is 0 Å². The van der Waals surface area contributed by atoms with Crippen molar-refractivity contribution in [2.75, 3.05) is 6.54 Å². The zero-order valence-electron chi connectivity index (χ0n) is 14.3. The van der Waals surface area contributed by atoms with Gasteiger partial charge in [-0.2, -0.15) is 0 Å². The summed E-state index contributed by atoms with van der Waals surface area (Å²) in [6.45, 7) is 4.39. The first-order valence-electron chi connectivity index (χ1n) is 8.48. The Labute approximate surface area is 144 Å². The number of rotatable bonds is 7. The van der Waals surface area contributed by atoms with Crippen LogP contribution >= 0.6 is 0 Å². The van der Waals surface area contributed by atoms with Gasteiger partial charge in [-0.1, -0.05) is 19.1 Å². The van der Waals surface area contributed by atoms with E-state index in [1.807, 2.05) is 13.8 Å². The van der Waals surface area contributed by atoms with Crippen molar-refractivity contribution in [3.63, 3.8) is 0 Å². The topological polar surface area (TPSA) is 75.3 Å². The second kappa shape index (κ2) is 8.44. The molecule has 1 aliphatic carbocycles. The second-order valence-corrected chi connectivity index (χ2v) is 8.03. The third-order valence-electron chi connectivity index (χ3n) is 4.32. The Kier molecular flexibility index (Phi) is 6.57. The number of benzene rings is 1. The van der Waals surface area contributed by atoms with Crippen molar-refractivity contribution >= 4 is 15.9 Å². The van der Waals surface area contributed by atoms with Crippen LogP contribution in [-0.4, -0.2) is 26.9 Å². The number of allylic oxidation sites excluding steroid dienone is 2.